The second kappa shape index (κ2) is 5.45. The van der Waals surface area contributed by atoms with Crippen molar-refractivity contribution in [3.8, 4) is 0 Å². The largest absolute Gasteiger partial charge is 0.416 e. The number of nitrogens with two attached hydrogens (primary N) is 1. The molecule has 3 N–H and O–H groups in total. The highest BCUT2D eigenvalue weighted by atomic mass is 32.2. The molecule has 0 bridgehead atoms. The zero-order valence-electron chi connectivity index (χ0n) is 9.93. The van der Waals surface area contributed by atoms with E-state index in [4.69, 9.17) is 15.6 Å². The van der Waals surface area contributed by atoms with Crippen LogP contribution in [0.15, 0.2) is 37.6 Å². The van der Waals surface area contributed by atoms with Gasteiger partial charge in [-0.3, -0.25) is 5.41 Å². The Labute approximate surface area is 113 Å². The maximum absolute atomic E-state index is 7.68. The van der Waals surface area contributed by atoms with Crippen LogP contribution in [0.5, 0.6) is 0 Å². The van der Waals surface area contributed by atoms with Crippen molar-refractivity contribution < 1.29 is 4.42 Å². The smallest absolute Gasteiger partial charge is 0.281 e. The molecule has 94 valence electrons. The van der Waals surface area contributed by atoms with Gasteiger partial charge in [0.2, 0.25) is 5.89 Å². The van der Waals surface area contributed by atoms with Crippen LogP contribution in [0.4, 0.5) is 0 Å². The summed E-state index contributed by atoms with van der Waals surface area (Å²) < 4.78 is 5.32. The number of benzene rings is 1. The van der Waals surface area contributed by atoms with E-state index in [9.17, 15) is 0 Å². The summed E-state index contributed by atoms with van der Waals surface area (Å²) in [5.41, 5.74) is 6.35. The Morgan fingerprint density at radius 3 is 2.61 bits per heavy atom. The van der Waals surface area contributed by atoms with Crippen molar-refractivity contribution in [2.45, 2.75) is 21.9 Å². The van der Waals surface area contributed by atoms with Gasteiger partial charge in [-0.1, -0.05) is 6.07 Å². The van der Waals surface area contributed by atoms with Crippen molar-refractivity contribution in [1.82, 2.24) is 10.2 Å². The highest BCUT2D eigenvalue weighted by Gasteiger charge is 2.14. The predicted octanol–water partition coefficient (Wildman–Crippen LogP) is 2.54. The van der Waals surface area contributed by atoms with Gasteiger partial charge in [-0.25, -0.2) is 0 Å². The molecule has 0 aliphatic heterocycles. The predicted molar refractivity (Wildman–Crippen MR) is 72.4 cm³/mol. The lowest BCUT2D eigenvalue weighted by Crippen LogP contribution is -2.13. The number of thioether (sulfide) groups is 1. The Kier molecular flexibility index (Phi) is 3.93. The molecule has 0 aliphatic rings. The number of nitrogen functional groups attached to an aromatic ring is 1. The maximum atomic E-state index is 7.68. The summed E-state index contributed by atoms with van der Waals surface area (Å²) in [6.07, 6.45) is 1.95. The van der Waals surface area contributed by atoms with E-state index in [-0.39, 0.29) is 5.84 Å². The van der Waals surface area contributed by atoms with Crippen molar-refractivity contribution in [3.63, 3.8) is 0 Å². The summed E-state index contributed by atoms with van der Waals surface area (Å²) in [7, 11) is 0. The lowest BCUT2D eigenvalue weighted by atomic mass is 10.2. The van der Waals surface area contributed by atoms with Crippen LogP contribution in [-0.2, 0) is 0 Å². The third kappa shape index (κ3) is 2.68. The third-order valence-electron chi connectivity index (χ3n) is 2.18. The zero-order valence-corrected chi connectivity index (χ0v) is 11.6. The highest BCUT2D eigenvalue weighted by molar-refractivity contribution is 7.99. The van der Waals surface area contributed by atoms with Crippen molar-refractivity contribution in [3.05, 3.63) is 29.7 Å². The van der Waals surface area contributed by atoms with Crippen molar-refractivity contribution in [2.75, 3.05) is 6.26 Å². The second-order valence-electron chi connectivity index (χ2n) is 3.44. The van der Waals surface area contributed by atoms with E-state index in [1.54, 1.807) is 18.7 Å². The Bertz CT molecular complexity index is 582. The van der Waals surface area contributed by atoms with Crippen LogP contribution in [0.2, 0.25) is 0 Å². The number of hydrogen-bond acceptors (Lipinski definition) is 6. The Balaban J connectivity index is 2.41. The molecule has 0 atom stereocenters. The van der Waals surface area contributed by atoms with Gasteiger partial charge in [0.1, 0.15) is 5.84 Å². The first-order chi connectivity index (χ1) is 8.61. The fourth-order valence-corrected chi connectivity index (χ4v) is 3.05. The minimum absolute atomic E-state index is 0.0405. The molecule has 7 heteroatoms. The molecule has 0 unspecified atom stereocenters. The SMILES string of the molecule is CSc1cccc(Sc2nnc(C)o2)c1C(=N)N. The molecule has 0 amide bonds. The highest BCUT2D eigenvalue weighted by Crippen LogP contribution is 2.33. The third-order valence-corrected chi connectivity index (χ3v) is 3.86. The molecule has 0 fully saturated rings. The van der Waals surface area contributed by atoms with E-state index in [2.05, 4.69) is 10.2 Å². The molecule has 2 aromatic rings. The molecule has 0 aliphatic carbocycles. The average molecular weight is 280 g/mol. The van der Waals surface area contributed by atoms with Crippen molar-refractivity contribution in [1.29, 1.82) is 5.41 Å². The van der Waals surface area contributed by atoms with E-state index in [1.165, 1.54) is 11.8 Å². The number of aryl methyl sites for hydroxylation is 1. The summed E-state index contributed by atoms with van der Waals surface area (Å²) in [5, 5.41) is 15.8. The number of rotatable bonds is 4. The molecule has 0 radical (unpaired) electrons. The topological polar surface area (TPSA) is 88.8 Å². The molecular formula is C11H12N4OS2. The van der Waals surface area contributed by atoms with Crippen molar-refractivity contribution >= 4 is 29.4 Å². The minimum Gasteiger partial charge on any atom is -0.416 e. The van der Waals surface area contributed by atoms with Gasteiger partial charge < -0.3 is 10.2 Å². The number of hydrogen-bond donors (Lipinski definition) is 2. The van der Waals surface area contributed by atoms with Crippen LogP contribution < -0.4 is 5.73 Å². The fourth-order valence-electron chi connectivity index (χ4n) is 1.45. The average Bonchev–Trinajstić information content (AvgIpc) is 2.74. The molecule has 0 spiro atoms. The molecule has 1 heterocycles. The maximum Gasteiger partial charge on any atom is 0.281 e. The first-order valence-corrected chi connectivity index (χ1v) is 7.15. The van der Waals surface area contributed by atoms with Gasteiger partial charge in [-0.2, -0.15) is 0 Å². The van der Waals surface area contributed by atoms with Gasteiger partial charge >= 0.3 is 0 Å². The van der Waals surface area contributed by atoms with Gasteiger partial charge in [0.15, 0.2) is 0 Å². The number of nitrogens with one attached hydrogen (secondary N) is 1. The minimum atomic E-state index is 0.0405. The monoisotopic (exact) mass is 280 g/mol. The molecule has 2 rings (SSSR count). The fraction of sp³-hybridized carbons (Fsp3) is 0.182. The summed E-state index contributed by atoms with van der Waals surface area (Å²) in [4.78, 5) is 1.81. The normalized spacial score (nSPS) is 10.6. The van der Waals surface area contributed by atoms with E-state index in [0.717, 1.165) is 9.79 Å². The lowest BCUT2D eigenvalue weighted by Gasteiger charge is -2.09. The van der Waals surface area contributed by atoms with Gasteiger partial charge in [0.25, 0.3) is 5.22 Å². The second-order valence-corrected chi connectivity index (χ2v) is 5.28. The van der Waals surface area contributed by atoms with E-state index < -0.39 is 0 Å². The summed E-state index contributed by atoms with van der Waals surface area (Å²) >= 11 is 2.87. The first-order valence-electron chi connectivity index (χ1n) is 5.11. The Morgan fingerprint density at radius 2 is 2.06 bits per heavy atom. The molecular weight excluding hydrogens is 268 g/mol. The van der Waals surface area contributed by atoms with E-state index in [0.29, 0.717) is 16.7 Å². The molecule has 0 saturated carbocycles. The Morgan fingerprint density at radius 1 is 1.33 bits per heavy atom. The van der Waals surface area contributed by atoms with Crippen LogP contribution in [0, 0.1) is 12.3 Å². The van der Waals surface area contributed by atoms with Crippen molar-refractivity contribution in [2.24, 2.45) is 5.73 Å². The molecule has 1 aromatic carbocycles. The number of aromatic nitrogens is 2. The summed E-state index contributed by atoms with van der Waals surface area (Å²) in [6, 6.07) is 5.75. The summed E-state index contributed by atoms with van der Waals surface area (Å²) in [6.45, 7) is 1.74. The van der Waals surface area contributed by atoms with E-state index >= 15 is 0 Å². The number of amidine groups is 1. The van der Waals surface area contributed by atoms with Gasteiger partial charge in [0, 0.05) is 22.3 Å². The zero-order chi connectivity index (χ0) is 13.1. The van der Waals surface area contributed by atoms with Crippen LogP contribution in [-0.4, -0.2) is 22.3 Å². The summed E-state index contributed by atoms with van der Waals surface area (Å²) in [5.74, 6) is 0.557. The molecule has 5 nitrogen and oxygen atoms in total. The quantitative estimate of drug-likeness (QED) is 0.508. The van der Waals surface area contributed by atoms with Crippen LogP contribution in [0.1, 0.15) is 11.5 Å². The van der Waals surface area contributed by atoms with Gasteiger partial charge in [0.05, 0.1) is 0 Å². The van der Waals surface area contributed by atoms with Crippen LogP contribution >= 0.6 is 23.5 Å². The van der Waals surface area contributed by atoms with Crippen LogP contribution in [0.25, 0.3) is 0 Å². The first kappa shape index (κ1) is 13.0. The Hall–Kier alpha value is -1.47. The van der Waals surface area contributed by atoms with Gasteiger partial charge in [-0.05, 0) is 30.2 Å². The van der Waals surface area contributed by atoms with Gasteiger partial charge in [-0.15, -0.1) is 22.0 Å². The van der Waals surface area contributed by atoms with Crippen LogP contribution in [0.3, 0.4) is 0 Å². The molecule has 1 aromatic heterocycles. The lowest BCUT2D eigenvalue weighted by molar-refractivity contribution is 0.429. The molecule has 18 heavy (non-hydrogen) atoms. The van der Waals surface area contributed by atoms with E-state index in [1.807, 2.05) is 24.5 Å². The molecule has 0 saturated heterocycles. The number of nitrogens with zero attached hydrogens (tertiary/aromatic N) is 2. The standard InChI is InChI=1S/C11H12N4OS2/c1-6-14-15-11(16-6)18-8-5-3-4-7(17-2)9(8)10(12)13/h3-5H,1-2H3,(H3,12,13).